The molecule has 18 heavy (non-hydrogen) atoms. The Balaban J connectivity index is 2.75. The van der Waals surface area contributed by atoms with Crippen LogP contribution in [0.1, 0.15) is 19.8 Å². The minimum absolute atomic E-state index is 0.0803. The molecule has 0 aliphatic heterocycles. The topological polar surface area (TPSA) is 87.7 Å². The molecular formula is C12H16ClN3O2. The summed E-state index contributed by atoms with van der Waals surface area (Å²) < 4.78 is 0. The third-order valence-corrected chi connectivity index (χ3v) is 2.73. The van der Waals surface area contributed by atoms with E-state index in [0.717, 1.165) is 6.42 Å². The van der Waals surface area contributed by atoms with Crippen molar-refractivity contribution in [2.24, 2.45) is 16.8 Å². The van der Waals surface area contributed by atoms with Crippen molar-refractivity contribution >= 4 is 29.0 Å². The molecule has 1 amide bonds. The lowest BCUT2D eigenvalue weighted by Crippen LogP contribution is -2.34. The molecule has 1 rings (SSSR count). The largest absolute Gasteiger partial charge is 0.409 e. The number of amidine groups is 1. The van der Waals surface area contributed by atoms with E-state index < -0.39 is 5.92 Å². The summed E-state index contributed by atoms with van der Waals surface area (Å²) in [6.07, 6.45) is 1.28. The fraction of sp³-hybridized carbons (Fsp3) is 0.333. The van der Waals surface area contributed by atoms with Gasteiger partial charge in [0.1, 0.15) is 0 Å². The summed E-state index contributed by atoms with van der Waals surface area (Å²) in [5.41, 5.74) is 6.12. The maximum absolute atomic E-state index is 12.0. The van der Waals surface area contributed by atoms with Crippen LogP contribution in [-0.2, 0) is 4.79 Å². The van der Waals surface area contributed by atoms with Crippen molar-refractivity contribution < 1.29 is 10.0 Å². The minimum atomic E-state index is -0.629. The molecule has 0 aliphatic rings. The number of hydrogen-bond donors (Lipinski definition) is 3. The number of nitrogens with zero attached hydrogens (tertiary/aromatic N) is 1. The predicted octanol–water partition coefficient (Wildman–Crippen LogP) is 2.44. The Bertz CT molecular complexity index is 431. The number of anilines is 1. The van der Waals surface area contributed by atoms with Crippen LogP contribution in [0.5, 0.6) is 0 Å². The minimum Gasteiger partial charge on any atom is -0.409 e. The summed E-state index contributed by atoms with van der Waals surface area (Å²) >= 11 is 5.75. The van der Waals surface area contributed by atoms with Gasteiger partial charge in [0.05, 0.1) is 5.92 Å². The highest BCUT2D eigenvalue weighted by Crippen LogP contribution is 2.15. The number of halogens is 1. The van der Waals surface area contributed by atoms with E-state index in [9.17, 15) is 4.79 Å². The number of benzene rings is 1. The first-order valence-electron chi connectivity index (χ1n) is 5.62. The number of rotatable bonds is 5. The Hall–Kier alpha value is -1.75. The van der Waals surface area contributed by atoms with Crippen LogP contribution >= 0.6 is 11.6 Å². The molecule has 1 aromatic carbocycles. The first kappa shape index (κ1) is 14.3. The molecule has 1 aromatic rings. The van der Waals surface area contributed by atoms with Crippen LogP contribution in [0.15, 0.2) is 29.4 Å². The predicted molar refractivity (Wildman–Crippen MR) is 71.9 cm³/mol. The van der Waals surface area contributed by atoms with Gasteiger partial charge in [-0.05, 0) is 30.7 Å². The lowest BCUT2D eigenvalue weighted by molar-refractivity contribution is -0.118. The Labute approximate surface area is 111 Å². The van der Waals surface area contributed by atoms with E-state index in [0.29, 0.717) is 17.1 Å². The molecule has 98 valence electrons. The van der Waals surface area contributed by atoms with Gasteiger partial charge < -0.3 is 16.3 Å². The third-order valence-electron chi connectivity index (χ3n) is 2.48. The molecule has 0 saturated heterocycles. The Kier molecular flexibility index (Phi) is 5.45. The molecule has 0 aliphatic carbocycles. The zero-order chi connectivity index (χ0) is 13.5. The second-order valence-electron chi connectivity index (χ2n) is 3.86. The summed E-state index contributed by atoms with van der Waals surface area (Å²) in [6, 6.07) is 6.73. The average Bonchev–Trinajstić information content (AvgIpc) is 2.37. The van der Waals surface area contributed by atoms with Gasteiger partial charge in [-0.1, -0.05) is 30.1 Å². The highest BCUT2D eigenvalue weighted by Gasteiger charge is 2.22. The second kappa shape index (κ2) is 6.86. The normalized spacial score (nSPS) is 13.1. The fourth-order valence-corrected chi connectivity index (χ4v) is 1.66. The van der Waals surface area contributed by atoms with E-state index in [1.807, 2.05) is 6.92 Å². The van der Waals surface area contributed by atoms with E-state index in [2.05, 4.69) is 10.5 Å². The number of hydrogen-bond acceptors (Lipinski definition) is 3. The third kappa shape index (κ3) is 3.92. The molecule has 0 bridgehead atoms. The van der Waals surface area contributed by atoms with Crippen molar-refractivity contribution in [1.29, 1.82) is 0 Å². The van der Waals surface area contributed by atoms with Crippen LogP contribution in [0.2, 0.25) is 5.02 Å². The van der Waals surface area contributed by atoms with Crippen LogP contribution < -0.4 is 11.1 Å². The molecular weight excluding hydrogens is 254 g/mol. The first-order chi connectivity index (χ1) is 8.58. The van der Waals surface area contributed by atoms with Crippen molar-refractivity contribution in [3.05, 3.63) is 29.3 Å². The van der Waals surface area contributed by atoms with Crippen molar-refractivity contribution in [3.8, 4) is 0 Å². The SMILES string of the molecule is CCCC(C(=O)Nc1ccc(Cl)cc1)C(N)=NO. The van der Waals surface area contributed by atoms with Crippen molar-refractivity contribution in [1.82, 2.24) is 0 Å². The second-order valence-corrected chi connectivity index (χ2v) is 4.30. The number of oxime groups is 1. The smallest absolute Gasteiger partial charge is 0.235 e. The summed E-state index contributed by atoms with van der Waals surface area (Å²) in [6.45, 7) is 1.92. The molecule has 0 spiro atoms. The lowest BCUT2D eigenvalue weighted by Gasteiger charge is -2.14. The van der Waals surface area contributed by atoms with Crippen LogP contribution in [0.25, 0.3) is 0 Å². The Morgan fingerprint density at radius 2 is 2.11 bits per heavy atom. The van der Waals surface area contributed by atoms with E-state index in [1.54, 1.807) is 24.3 Å². The molecule has 0 aromatic heterocycles. The van der Waals surface area contributed by atoms with Gasteiger partial charge in [0.2, 0.25) is 5.91 Å². The van der Waals surface area contributed by atoms with Gasteiger partial charge in [-0.2, -0.15) is 0 Å². The van der Waals surface area contributed by atoms with Crippen molar-refractivity contribution in [2.45, 2.75) is 19.8 Å². The Morgan fingerprint density at radius 1 is 1.50 bits per heavy atom. The van der Waals surface area contributed by atoms with Gasteiger partial charge >= 0.3 is 0 Å². The molecule has 4 N–H and O–H groups in total. The average molecular weight is 270 g/mol. The van der Waals surface area contributed by atoms with Gasteiger partial charge in [0.25, 0.3) is 0 Å². The molecule has 0 saturated carbocycles. The van der Waals surface area contributed by atoms with Gasteiger partial charge in [0.15, 0.2) is 5.84 Å². The lowest BCUT2D eigenvalue weighted by atomic mass is 10.0. The standard InChI is InChI=1S/C12H16ClN3O2/c1-2-3-10(11(14)16-18)12(17)15-9-6-4-8(13)5-7-9/h4-7,10,18H,2-3H2,1H3,(H2,14,16)(H,15,17). The van der Waals surface area contributed by atoms with Crippen molar-refractivity contribution in [3.63, 3.8) is 0 Å². The number of carbonyl (C=O) groups excluding carboxylic acids is 1. The molecule has 1 atom stereocenters. The fourth-order valence-electron chi connectivity index (χ4n) is 1.53. The molecule has 5 nitrogen and oxygen atoms in total. The monoisotopic (exact) mass is 269 g/mol. The molecule has 6 heteroatoms. The summed E-state index contributed by atoms with van der Waals surface area (Å²) in [7, 11) is 0. The van der Waals surface area contributed by atoms with E-state index in [4.69, 9.17) is 22.5 Å². The maximum Gasteiger partial charge on any atom is 0.235 e. The van der Waals surface area contributed by atoms with E-state index in [-0.39, 0.29) is 11.7 Å². The van der Waals surface area contributed by atoms with Crippen molar-refractivity contribution in [2.75, 3.05) is 5.32 Å². The number of carbonyl (C=O) groups is 1. The molecule has 1 unspecified atom stereocenters. The highest BCUT2D eigenvalue weighted by molar-refractivity contribution is 6.30. The maximum atomic E-state index is 12.0. The zero-order valence-electron chi connectivity index (χ0n) is 10.1. The Morgan fingerprint density at radius 3 is 2.61 bits per heavy atom. The summed E-state index contributed by atoms with van der Waals surface area (Å²) in [4.78, 5) is 12.0. The number of amides is 1. The van der Waals surface area contributed by atoms with E-state index in [1.165, 1.54) is 0 Å². The van der Waals surface area contributed by atoms with Gasteiger partial charge in [-0.25, -0.2) is 0 Å². The highest BCUT2D eigenvalue weighted by atomic mass is 35.5. The molecule has 0 fully saturated rings. The summed E-state index contributed by atoms with van der Waals surface area (Å²) in [5.74, 6) is -1.01. The number of nitrogens with two attached hydrogens (primary N) is 1. The van der Waals surface area contributed by atoms with Gasteiger partial charge in [-0.3, -0.25) is 4.79 Å². The van der Waals surface area contributed by atoms with Gasteiger partial charge in [0, 0.05) is 10.7 Å². The quantitative estimate of drug-likeness (QED) is 0.332. The molecule has 0 heterocycles. The van der Waals surface area contributed by atoms with Crippen LogP contribution in [0.3, 0.4) is 0 Å². The number of nitrogens with one attached hydrogen (secondary N) is 1. The van der Waals surface area contributed by atoms with Crippen LogP contribution in [0.4, 0.5) is 5.69 Å². The first-order valence-corrected chi connectivity index (χ1v) is 6.00. The van der Waals surface area contributed by atoms with Gasteiger partial charge in [-0.15, -0.1) is 0 Å². The van der Waals surface area contributed by atoms with Crippen LogP contribution in [0, 0.1) is 5.92 Å². The zero-order valence-corrected chi connectivity index (χ0v) is 10.8. The van der Waals surface area contributed by atoms with Crippen LogP contribution in [-0.4, -0.2) is 17.0 Å². The summed E-state index contributed by atoms with van der Waals surface area (Å²) in [5, 5.41) is 14.8. The molecule has 0 radical (unpaired) electrons. The van der Waals surface area contributed by atoms with E-state index >= 15 is 0 Å².